The number of carbonyl (C=O) groups is 1. The summed E-state index contributed by atoms with van der Waals surface area (Å²) in [6.07, 6.45) is 9.42. The fraction of sp³-hybridized carbons (Fsp3) is 0.818. The van der Waals surface area contributed by atoms with Gasteiger partial charge in [-0.25, -0.2) is 0 Å². The molecule has 0 atom stereocenters. The number of Topliss-reactive ketones (excluding diaryl/α,β-unsaturated/α-hetero) is 1. The number of rotatable bonds is 8. The Morgan fingerprint density at radius 1 is 1.08 bits per heavy atom. The minimum atomic E-state index is 0.341. The normalized spacial score (nSPS) is 10.2. The summed E-state index contributed by atoms with van der Waals surface area (Å²) >= 11 is 0. The molecule has 1 radical (unpaired) electrons. The van der Waals surface area contributed by atoms with Gasteiger partial charge in [-0.3, -0.25) is 4.79 Å². The van der Waals surface area contributed by atoms with Crippen LogP contribution in [0.15, 0.2) is 0 Å². The highest BCUT2D eigenvalue weighted by Gasteiger charge is 2.00. The molecule has 0 spiro atoms. The van der Waals surface area contributed by atoms with Gasteiger partial charge in [0.25, 0.3) is 0 Å². The molecule has 0 saturated heterocycles. The van der Waals surface area contributed by atoms with Gasteiger partial charge in [0.15, 0.2) is 0 Å². The van der Waals surface area contributed by atoms with Gasteiger partial charge < -0.3 is 0 Å². The van der Waals surface area contributed by atoms with Gasteiger partial charge >= 0.3 is 0 Å². The third-order valence-electron chi connectivity index (χ3n) is 1.96. The molecular formula is C11H21O. The molecule has 0 aliphatic carbocycles. The van der Waals surface area contributed by atoms with Crippen LogP contribution in [0.5, 0.6) is 0 Å². The molecule has 1 nitrogen and oxygen atoms in total. The molecule has 0 rings (SSSR count). The molecule has 0 aromatic rings. The molecule has 0 saturated carbocycles. The van der Waals surface area contributed by atoms with Crippen LogP contribution in [-0.4, -0.2) is 5.78 Å². The minimum absolute atomic E-state index is 0.341. The first-order valence-electron chi connectivity index (χ1n) is 5.17. The molecular weight excluding hydrogens is 148 g/mol. The van der Waals surface area contributed by atoms with E-state index >= 15 is 0 Å². The van der Waals surface area contributed by atoms with Crippen LogP contribution < -0.4 is 0 Å². The van der Waals surface area contributed by atoms with Crippen LogP contribution in [0.4, 0.5) is 0 Å². The van der Waals surface area contributed by atoms with Crippen LogP contribution in [0, 0.1) is 6.42 Å². The predicted molar refractivity (Wildman–Crippen MR) is 53.0 cm³/mol. The van der Waals surface area contributed by atoms with Crippen molar-refractivity contribution in [2.75, 3.05) is 0 Å². The molecule has 0 aromatic carbocycles. The molecule has 0 bridgehead atoms. The maximum Gasteiger partial charge on any atom is 0.136 e. The molecule has 0 aliphatic rings. The molecule has 0 aromatic heterocycles. The van der Waals surface area contributed by atoms with Crippen LogP contribution in [0.2, 0.25) is 0 Å². The Labute approximate surface area is 76.6 Å². The van der Waals surface area contributed by atoms with Gasteiger partial charge in [-0.2, -0.15) is 0 Å². The van der Waals surface area contributed by atoms with E-state index in [0.717, 1.165) is 25.7 Å². The van der Waals surface area contributed by atoms with Crippen molar-refractivity contribution in [3.63, 3.8) is 0 Å². The Kier molecular flexibility index (Phi) is 8.52. The lowest BCUT2D eigenvalue weighted by Crippen LogP contribution is -1.97. The van der Waals surface area contributed by atoms with Crippen LogP contribution in [0.1, 0.15) is 58.8 Å². The zero-order valence-electron chi connectivity index (χ0n) is 8.44. The van der Waals surface area contributed by atoms with E-state index in [9.17, 15) is 4.79 Å². The number of carbonyl (C=O) groups excluding carboxylic acids is 1. The van der Waals surface area contributed by atoms with Gasteiger partial charge in [0.05, 0.1) is 0 Å². The average molecular weight is 169 g/mol. The molecule has 0 aliphatic heterocycles. The van der Waals surface area contributed by atoms with Crippen molar-refractivity contribution in [3.05, 3.63) is 6.42 Å². The van der Waals surface area contributed by atoms with Crippen LogP contribution in [0.25, 0.3) is 0 Å². The topological polar surface area (TPSA) is 17.1 Å². The van der Waals surface area contributed by atoms with Crippen LogP contribution in [-0.2, 0) is 4.79 Å². The summed E-state index contributed by atoms with van der Waals surface area (Å²) in [5.74, 6) is 0.341. The number of hydrogen-bond donors (Lipinski definition) is 0. The lowest BCUT2D eigenvalue weighted by molar-refractivity contribution is -0.116. The zero-order valence-corrected chi connectivity index (χ0v) is 8.44. The van der Waals surface area contributed by atoms with Crippen molar-refractivity contribution in [3.8, 4) is 0 Å². The second-order valence-electron chi connectivity index (χ2n) is 3.27. The van der Waals surface area contributed by atoms with E-state index in [2.05, 4.69) is 13.8 Å². The van der Waals surface area contributed by atoms with Crippen molar-refractivity contribution in [1.82, 2.24) is 0 Å². The lowest BCUT2D eigenvalue weighted by atomic mass is 10.1. The van der Waals surface area contributed by atoms with Gasteiger partial charge in [-0.05, 0) is 12.8 Å². The highest BCUT2D eigenvalue weighted by molar-refractivity contribution is 5.86. The van der Waals surface area contributed by atoms with E-state index in [-0.39, 0.29) is 0 Å². The standard InChI is InChI=1S/C11H21O/c1-3-5-7-8-10-11(12)9-6-4-2/h10H,3-9H2,1-2H3. The molecule has 0 N–H and O–H groups in total. The Morgan fingerprint density at radius 3 is 2.33 bits per heavy atom. The van der Waals surface area contributed by atoms with E-state index in [0.29, 0.717) is 5.78 Å². The minimum Gasteiger partial charge on any atom is -0.299 e. The Morgan fingerprint density at radius 2 is 1.75 bits per heavy atom. The fourth-order valence-corrected chi connectivity index (χ4v) is 1.11. The summed E-state index contributed by atoms with van der Waals surface area (Å²) < 4.78 is 0. The Balaban J connectivity index is 3.08. The fourth-order valence-electron chi connectivity index (χ4n) is 1.11. The first-order valence-corrected chi connectivity index (χ1v) is 5.17. The number of unbranched alkanes of at least 4 members (excludes halogenated alkanes) is 4. The highest BCUT2D eigenvalue weighted by atomic mass is 16.1. The predicted octanol–water partition coefficient (Wildman–Crippen LogP) is 3.53. The van der Waals surface area contributed by atoms with E-state index in [1.807, 2.05) is 6.42 Å². The maximum atomic E-state index is 11.1. The zero-order chi connectivity index (χ0) is 9.23. The SMILES string of the molecule is CCCCC[CH]C(=O)CCCC. The molecule has 1 heteroatoms. The maximum absolute atomic E-state index is 11.1. The van der Waals surface area contributed by atoms with Gasteiger partial charge in [-0.1, -0.05) is 39.5 Å². The van der Waals surface area contributed by atoms with E-state index in [1.54, 1.807) is 0 Å². The second kappa shape index (κ2) is 8.76. The van der Waals surface area contributed by atoms with Crippen LogP contribution in [0.3, 0.4) is 0 Å². The summed E-state index contributed by atoms with van der Waals surface area (Å²) in [5.41, 5.74) is 0. The Hall–Kier alpha value is -0.330. The monoisotopic (exact) mass is 169 g/mol. The number of ketones is 1. The average Bonchev–Trinajstić information content (AvgIpc) is 2.09. The molecule has 0 fully saturated rings. The summed E-state index contributed by atoms with van der Waals surface area (Å²) in [5, 5.41) is 0. The van der Waals surface area contributed by atoms with Crippen molar-refractivity contribution >= 4 is 5.78 Å². The summed E-state index contributed by atoms with van der Waals surface area (Å²) in [4.78, 5) is 11.1. The molecule has 0 amide bonds. The third kappa shape index (κ3) is 7.77. The summed E-state index contributed by atoms with van der Waals surface area (Å²) in [6.45, 7) is 4.29. The summed E-state index contributed by atoms with van der Waals surface area (Å²) in [7, 11) is 0. The molecule has 0 heterocycles. The number of hydrogen-bond acceptors (Lipinski definition) is 1. The first kappa shape index (κ1) is 11.7. The highest BCUT2D eigenvalue weighted by Crippen LogP contribution is 2.05. The van der Waals surface area contributed by atoms with E-state index in [4.69, 9.17) is 0 Å². The van der Waals surface area contributed by atoms with Crippen molar-refractivity contribution in [1.29, 1.82) is 0 Å². The quantitative estimate of drug-likeness (QED) is 0.508. The largest absolute Gasteiger partial charge is 0.299 e. The molecule has 12 heavy (non-hydrogen) atoms. The van der Waals surface area contributed by atoms with Gasteiger partial charge in [-0.15, -0.1) is 0 Å². The molecule has 0 unspecified atom stereocenters. The van der Waals surface area contributed by atoms with E-state index < -0.39 is 0 Å². The van der Waals surface area contributed by atoms with Gasteiger partial charge in [0.2, 0.25) is 0 Å². The van der Waals surface area contributed by atoms with Crippen molar-refractivity contribution in [2.45, 2.75) is 58.8 Å². The smallest absolute Gasteiger partial charge is 0.136 e. The van der Waals surface area contributed by atoms with Crippen molar-refractivity contribution < 1.29 is 4.79 Å². The second-order valence-corrected chi connectivity index (χ2v) is 3.27. The van der Waals surface area contributed by atoms with Crippen LogP contribution >= 0.6 is 0 Å². The summed E-state index contributed by atoms with van der Waals surface area (Å²) in [6, 6.07) is 0. The Bertz CT molecular complexity index is 108. The van der Waals surface area contributed by atoms with Crippen molar-refractivity contribution in [2.24, 2.45) is 0 Å². The molecule has 71 valence electrons. The lowest BCUT2D eigenvalue weighted by Gasteiger charge is -1.98. The van der Waals surface area contributed by atoms with E-state index in [1.165, 1.54) is 19.3 Å². The third-order valence-corrected chi connectivity index (χ3v) is 1.96. The van der Waals surface area contributed by atoms with Gasteiger partial charge in [0.1, 0.15) is 5.78 Å². The van der Waals surface area contributed by atoms with Gasteiger partial charge in [0, 0.05) is 12.8 Å². The first-order chi connectivity index (χ1) is 5.81.